The number of hydrogen-bond acceptors (Lipinski definition) is 2. The van der Waals surface area contributed by atoms with E-state index in [1.807, 2.05) is 0 Å². The van der Waals surface area contributed by atoms with Crippen LogP contribution in [-0.2, 0) is 9.59 Å². The van der Waals surface area contributed by atoms with Crippen LogP contribution in [0.4, 0.5) is 13.2 Å². The molecule has 0 spiro atoms. The number of amides is 2. The van der Waals surface area contributed by atoms with E-state index in [4.69, 9.17) is 5.73 Å². The molecule has 1 saturated heterocycles. The Morgan fingerprint density at radius 1 is 0.939 bits per heavy atom. The van der Waals surface area contributed by atoms with Crippen molar-refractivity contribution < 1.29 is 22.8 Å². The number of H-pyrrole nitrogens is 1. The standard InChI is InChI=1S/C25H24F3N3O2/c26-17-3-1-13(2-4-17)22-21(19-11-18(27)12-20(28)23(19)30-22)15-9-16(10-15)25(33)31-7-5-14(6-8-31)24(29)32/h1-4,11-12,14-16,30H,5-10H2,(H2,29,32)/t15-,16-. The van der Waals surface area contributed by atoms with E-state index >= 15 is 0 Å². The number of primary amides is 1. The molecule has 0 bridgehead atoms. The van der Waals surface area contributed by atoms with E-state index in [9.17, 15) is 22.8 Å². The van der Waals surface area contributed by atoms with Crippen LogP contribution in [0.2, 0.25) is 0 Å². The highest BCUT2D eigenvalue weighted by molar-refractivity contribution is 5.92. The summed E-state index contributed by atoms with van der Waals surface area (Å²) in [6, 6.07) is 7.99. The lowest BCUT2D eigenvalue weighted by molar-refractivity contribution is -0.141. The smallest absolute Gasteiger partial charge is 0.225 e. The predicted octanol–water partition coefficient (Wildman–Crippen LogP) is 4.47. The van der Waals surface area contributed by atoms with Crippen molar-refractivity contribution >= 4 is 22.7 Å². The first-order chi connectivity index (χ1) is 15.8. The molecule has 0 unspecified atom stereocenters. The largest absolute Gasteiger partial charge is 0.369 e. The van der Waals surface area contributed by atoms with E-state index in [0.29, 0.717) is 55.4 Å². The summed E-state index contributed by atoms with van der Waals surface area (Å²) in [5.74, 6) is -2.44. The van der Waals surface area contributed by atoms with Gasteiger partial charge in [0, 0.05) is 36.4 Å². The summed E-state index contributed by atoms with van der Waals surface area (Å²) in [6.07, 6.45) is 2.28. The molecule has 0 radical (unpaired) electrons. The van der Waals surface area contributed by atoms with Crippen LogP contribution in [0.25, 0.3) is 22.2 Å². The van der Waals surface area contributed by atoms with Crippen molar-refractivity contribution in [1.82, 2.24) is 9.88 Å². The molecule has 5 nitrogen and oxygen atoms in total. The number of likely N-dealkylation sites (tertiary alicyclic amines) is 1. The van der Waals surface area contributed by atoms with Gasteiger partial charge in [0.05, 0.1) is 11.2 Å². The summed E-state index contributed by atoms with van der Waals surface area (Å²) in [4.78, 5) is 29.2. The van der Waals surface area contributed by atoms with E-state index < -0.39 is 11.6 Å². The van der Waals surface area contributed by atoms with Gasteiger partial charge in [0.15, 0.2) is 0 Å². The number of fused-ring (bicyclic) bond motifs is 1. The Kier molecular flexibility index (Phi) is 5.38. The van der Waals surface area contributed by atoms with Crippen LogP contribution >= 0.6 is 0 Å². The second kappa shape index (κ2) is 8.24. The average molecular weight is 455 g/mol. The topological polar surface area (TPSA) is 79.2 Å². The molecule has 2 amide bonds. The molecule has 1 aliphatic heterocycles. The monoisotopic (exact) mass is 455 g/mol. The number of piperidine rings is 1. The summed E-state index contributed by atoms with van der Waals surface area (Å²) in [5.41, 5.74) is 7.62. The molecule has 2 heterocycles. The third kappa shape index (κ3) is 3.87. The van der Waals surface area contributed by atoms with Gasteiger partial charge in [0.1, 0.15) is 17.5 Å². The predicted molar refractivity (Wildman–Crippen MR) is 118 cm³/mol. The van der Waals surface area contributed by atoms with Gasteiger partial charge in [0.25, 0.3) is 0 Å². The lowest BCUT2D eigenvalue weighted by Crippen LogP contribution is -2.46. The molecular formula is C25H24F3N3O2. The van der Waals surface area contributed by atoms with Crippen LogP contribution in [0, 0.1) is 29.3 Å². The summed E-state index contributed by atoms with van der Waals surface area (Å²) < 4.78 is 42.0. The number of benzene rings is 2. The van der Waals surface area contributed by atoms with Crippen molar-refractivity contribution in [3.63, 3.8) is 0 Å². The zero-order valence-corrected chi connectivity index (χ0v) is 17.9. The first-order valence-corrected chi connectivity index (χ1v) is 11.2. The fraction of sp³-hybridized carbons (Fsp3) is 0.360. The molecule has 1 aliphatic carbocycles. The Labute approximate surface area is 188 Å². The van der Waals surface area contributed by atoms with Gasteiger partial charge in [-0.25, -0.2) is 13.2 Å². The normalized spacial score (nSPS) is 21.2. The number of nitrogens with one attached hydrogen (secondary N) is 1. The maximum absolute atomic E-state index is 14.5. The number of hydrogen-bond donors (Lipinski definition) is 2. The fourth-order valence-corrected chi connectivity index (χ4v) is 5.21. The van der Waals surface area contributed by atoms with Crippen LogP contribution < -0.4 is 5.73 Å². The van der Waals surface area contributed by atoms with Crippen LogP contribution in [0.3, 0.4) is 0 Å². The molecule has 2 fully saturated rings. The molecule has 33 heavy (non-hydrogen) atoms. The molecule has 0 atom stereocenters. The Hall–Kier alpha value is -3.29. The van der Waals surface area contributed by atoms with E-state index in [-0.39, 0.29) is 40.9 Å². The maximum atomic E-state index is 14.5. The zero-order chi connectivity index (χ0) is 23.3. The van der Waals surface area contributed by atoms with Gasteiger partial charge in [-0.05, 0) is 73.1 Å². The van der Waals surface area contributed by atoms with Gasteiger partial charge in [-0.15, -0.1) is 0 Å². The number of halogens is 3. The Morgan fingerprint density at radius 3 is 2.24 bits per heavy atom. The van der Waals surface area contributed by atoms with Crippen molar-refractivity contribution in [1.29, 1.82) is 0 Å². The van der Waals surface area contributed by atoms with Crippen LogP contribution in [0.5, 0.6) is 0 Å². The highest BCUT2D eigenvalue weighted by atomic mass is 19.1. The average Bonchev–Trinajstić information content (AvgIpc) is 3.12. The van der Waals surface area contributed by atoms with Crippen molar-refractivity contribution in [3.05, 3.63) is 59.4 Å². The number of aromatic nitrogens is 1. The summed E-state index contributed by atoms with van der Waals surface area (Å²) in [6.45, 7) is 1.02. The molecule has 8 heteroatoms. The number of carbonyl (C=O) groups is 2. The molecule has 5 rings (SSSR count). The van der Waals surface area contributed by atoms with Gasteiger partial charge in [-0.2, -0.15) is 0 Å². The van der Waals surface area contributed by atoms with Crippen molar-refractivity contribution in [2.75, 3.05) is 13.1 Å². The molecule has 3 N–H and O–H groups in total. The first kappa shape index (κ1) is 21.6. The van der Waals surface area contributed by atoms with Gasteiger partial charge >= 0.3 is 0 Å². The van der Waals surface area contributed by atoms with Crippen molar-refractivity contribution in [2.45, 2.75) is 31.6 Å². The first-order valence-electron chi connectivity index (χ1n) is 11.2. The van der Waals surface area contributed by atoms with E-state index in [1.165, 1.54) is 18.2 Å². The van der Waals surface area contributed by atoms with E-state index in [2.05, 4.69) is 4.98 Å². The van der Waals surface area contributed by atoms with Gasteiger partial charge in [-0.1, -0.05) is 0 Å². The quantitative estimate of drug-likeness (QED) is 0.609. The number of aromatic amines is 1. The molecule has 2 aliphatic rings. The SMILES string of the molecule is NC(=O)C1CCN(C(=O)[C@H]2C[C@H](c3c(-c4ccc(F)cc4)[nH]c4c(F)cc(F)cc43)C2)CC1. The number of carbonyl (C=O) groups excluding carboxylic acids is 2. The molecule has 1 saturated carbocycles. The highest BCUT2D eigenvalue weighted by Crippen LogP contribution is 2.49. The third-order valence-electron chi connectivity index (χ3n) is 7.10. The van der Waals surface area contributed by atoms with Crippen LogP contribution in [0.1, 0.15) is 37.2 Å². The number of rotatable bonds is 4. The number of nitrogens with zero attached hydrogens (tertiary/aromatic N) is 1. The minimum absolute atomic E-state index is 0.0507. The fourth-order valence-electron chi connectivity index (χ4n) is 5.21. The van der Waals surface area contributed by atoms with E-state index in [1.54, 1.807) is 17.0 Å². The van der Waals surface area contributed by atoms with Gasteiger partial charge < -0.3 is 15.6 Å². The molecular weight excluding hydrogens is 431 g/mol. The minimum Gasteiger partial charge on any atom is -0.369 e. The zero-order valence-electron chi connectivity index (χ0n) is 17.9. The third-order valence-corrected chi connectivity index (χ3v) is 7.10. The maximum Gasteiger partial charge on any atom is 0.225 e. The molecule has 3 aromatic rings. The van der Waals surface area contributed by atoms with Crippen LogP contribution in [-0.4, -0.2) is 34.8 Å². The van der Waals surface area contributed by atoms with Crippen LogP contribution in [0.15, 0.2) is 36.4 Å². The minimum atomic E-state index is -0.691. The molecule has 1 aromatic heterocycles. The lowest BCUT2D eigenvalue weighted by Gasteiger charge is -2.40. The van der Waals surface area contributed by atoms with E-state index in [0.717, 1.165) is 11.6 Å². The highest BCUT2D eigenvalue weighted by Gasteiger charge is 2.41. The molecule has 2 aromatic carbocycles. The summed E-state index contributed by atoms with van der Waals surface area (Å²) in [5, 5.41) is 0.449. The van der Waals surface area contributed by atoms with Crippen molar-refractivity contribution in [2.24, 2.45) is 17.6 Å². The molecule has 172 valence electrons. The van der Waals surface area contributed by atoms with Gasteiger partial charge in [-0.3, -0.25) is 9.59 Å². The summed E-state index contributed by atoms with van der Waals surface area (Å²) in [7, 11) is 0. The number of nitrogens with two attached hydrogens (primary N) is 1. The second-order valence-corrected chi connectivity index (χ2v) is 9.10. The lowest BCUT2D eigenvalue weighted by atomic mass is 9.69. The summed E-state index contributed by atoms with van der Waals surface area (Å²) >= 11 is 0. The Morgan fingerprint density at radius 2 is 1.61 bits per heavy atom. The van der Waals surface area contributed by atoms with Crippen molar-refractivity contribution in [3.8, 4) is 11.3 Å². The Bertz CT molecular complexity index is 1220. The second-order valence-electron chi connectivity index (χ2n) is 9.10. The Balaban J connectivity index is 1.40. The van der Waals surface area contributed by atoms with Gasteiger partial charge in [0.2, 0.25) is 11.8 Å².